The lowest BCUT2D eigenvalue weighted by Gasteiger charge is -2.21. The average Bonchev–Trinajstić information content (AvgIpc) is 2.44. The van der Waals surface area contributed by atoms with Crippen LogP contribution >= 0.6 is 15.9 Å². The molecule has 0 aliphatic carbocycles. The van der Waals surface area contributed by atoms with E-state index in [1.165, 1.54) is 13.1 Å². The van der Waals surface area contributed by atoms with Gasteiger partial charge in [0.05, 0.1) is 11.3 Å². The van der Waals surface area contributed by atoms with Gasteiger partial charge in [0.1, 0.15) is 0 Å². The largest absolute Gasteiger partial charge is 0.481 e. The second-order valence-corrected chi connectivity index (χ2v) is 7.83. The second-order valence-electron chi connectivity index (χ2n) is 4.96. The molecule has 22 heavy (non-hydrogen) atoms. The molecule has 0 unspecified atom stereocenters. The minimum Gasteiger partial charge on any atom is -0.481 e. The normalized spacial score (nSPS) is 14.6. The van der Waals surface area contributed by atoms with Crippen LogP contribution in [0.5, 0.6) is 0 Å². The van der Waals surface area contributed by atoms with Gasteiger partial charge in [0.15, 0.2) is 0 Å². The molecule has 0 saturated carbocycles. The summed E-state index contributed by atoms with van der Waals surface area (Å²) in [4.78, 5) is 22.0. The molecule has 0 aromatic heterocycles. The summed E-state index contributed by atoms with van der Waals surface area (Å²) in [5.74, 6) is -1.23. The molecule has 0 fully saturated rings. The number of sulfonamides is 1. The first-order valence-corrected chi connectivity index (χ1v) is 8.75. The van der Waals surface area contributed by atoms with E-state index in [-0.39, 0.29) is 23.8 Å². The Labute approximate surface area is 136 Å². The molecule has 9 heteroatoms. The number of aryl methyl sites for hydroxylation is 1. The van der Waals surface area contributed by atoms with Gasteiger partial charge < -0.3 is 10.4 Å². The van der Waals surface area contributed by atoms with Crippen molar-refractivity contribution in [1.29, 1.82) is 0 Å². The van der Waals surface area contributed by atoms with E-state index >= 15 is 0 Å². The Hall–Kier alpha value is -1.45. The number of hydrogen-bond donors (Lipinski definition) is 2. The van der Waals surface area contributed by atoms with Gasteiger partial charge >= 0.3 is 5.97 Å². The van der Waals surface area contributed by atoms with Crippen LogP contribution in [-0.2, 0) is 26.0 Å². The predicted molar refractivity (Wildman–Crippen MR) is 83.2 cm³/mol. The Balaban J connectivity index is 2.36. The number of benzene rings is 1. The Morgan fingerprint density at radius 2 is 2.09 bits per heavy atom. The van der Waals surface area contributed by atoms with Crippen molar-refractivity contribution in [3.63, 3.8) is 0 Å². The van der Waals surface area contributed by atoms with Crippen molar-refractivity contribution >= 4 is 43.5 Å². The quantitative estimate of drug-likeness (QED) is 0.791. The number of nitrogens with one attached hydrogen (secondary N) is 1. The number of aliphatic carboxylic acids is 1. The number of nitrogens with zero attached hydrogens (tertiary/aromatic N) is 1. The summed E-state index contributed by atoms with van der Waals surface area (Å²) in [5.41, 5.74) is 1.34. The van der Waals surface area contributed by atoms with Crippen molar-refractivity contribution in [3.05, 3.63) is 22.2 Å². The van der Waals surface area contributed by atoms with E-state index < -0.39 is 16.0 Å². The summed E-state index contributed by atoms with van der Waals surface area (Å²) < 4.78 is 26.4. The lowest BCUT2D eigenvalue weighted by molar-refractivity contribution is -0.137. The topological polar surface area (TPSA) is 104 Å². The summed E-state index contributed by atoms with van der Waals surface area (Å²) in [6.45, 7) is -0.131. The highest BCUT2D eigenvalue weighted by atomic mass is 79.9. The van der Waals surface area contributed by atoms with Gasteiger partial charge in [-0.05, 0) is 40.0 Å². The summed E-state index contributed by atoms with van der Waals surface area (Å²) in [7, 11) is -2.52. The van der Waals surface area contributed by atoms with Crippen molar-refractivity contribution in [1.82, 2.24) is 4.31 Å². The molecule has 1 aliphatic rings. The molecule has 2 rings (SSSR count). The maximum atomic E-state index is 12.5. The maximum absolute atomic E-state index is 12.5. The second kappa shape index (κ2) is 6.35. The van der Waals surface area contributed by atoms with E-state index in [2.05, 4.69) is 21.2 Å². The van der Waals surface area contributed by atoms with Gasteiger partial charge in [0, 0.05) is 30.2 Å². The number of rotatable bonds is 5. The van der Waals surface area contributed by atoms with E-state index in [1.54, 1.807) is 6.07 Å². The minimum absolute atomic E-state index is 0.00124. The standard InChI is InChI=1S/C13H15BrN2O5S/c1-16(5-4-13(18)19)22(20,21)11-7-10-8(6-9(11)14)2-3-12(17)15-10/h6-7H,2-5H2,1H3,(H,15,17)(H,18,19). The third kappa shape index (κ3) is 3.47. The van der Waals surface area contributed by atoms with E-state index in [0.717, 1.165) is 9.87 Å². The highest BCUT2D eigenvalue weighted by Crippen LogP contribution is 2.33. The Bertz CT molecular complexity index is 732. The number of carboxylic acid groups (broad SMARTS) is 1. The molecular weight excluding hydrogens is 376 g/mol. The summed E-state index contributed by atoms with van der Waals surface area (Å²) >= 11 is 3.24. The van der Waals surface area contributed by atoms with Crippen LogP contribution in [0.4, 0.5) is 5.69 Å². The van der Waals surface area contributed by atoms with Gasteiger partial charge in [-0.25, -0.2) is 12.7 Å². The summed E-state index contributed by atoms with van der Waals surface area (Å²) in [6.07, 6.45) is 0.633. The van der Waals surface area contributed by atoms with Gasteiger partial charge in [-0.2, -0.15) is 0 Å². The molecule has 1 amide bonds. The number of amides is 1. The van der Waals surface area contributed by atoms with Crippen molar-refractivity contribution in [2.75, 3.05) is 18.9 Å². The highest BCUT2D eigenvalue weighted by molar-refractivity contribution is 9.10. The number of anilines is 1. The van der Waals surface area contributed by atoms with Crippen LogP contribution in [0.3, 0.4) is 0 Å². The molecular formula is C13H15BrN2O5S. The zero-order chi connectivity index (χ0) is 16.5. The SMILES string of the molecule is CN(CCC(=O)O)S(=O)(=O)c1cc2c(cc1Br)CCC(=O)N2. The van der Waals surface area contributed by atoms with Gasteiger partial charge in [0.2, 0.25) is 15.9 Å². The molecule has 1 aliphatic heterocycles. The van der Waals surface area contributed by atoms with Gasteiger partial charge in [0.25, 0.3) is 0 Å². The first-order chi connectivity index (χ1) is 10.2. The van der Waals surface area contributed by atoms with Crippen LogP contribution in [0.1, 0.15) is 18.4 Å². The van der Waals surface area contributed by atoms with Crippen molar-refractivity contribution in [3.8, 4) is 0 Å². The highest BCUT2D eigenvalue weighted by Gasteiger charge is 2.26. The van der Waals surface area contributed by atoms with Crippen LogP contribution in [0.25, 0.3) is 0 Å². The van der Waals surface area contributed by atoms with E-state index in [0.29, 0.717) is 23.0 Å². The molecule has 1 aromatic carbocycles. The number of carbonyl (C=O) groups is 2. The summed E-state index contributed by atoms with van der Waals surface area (Å²) in [6, 6.07) is 3.08. The average molecular weight is 391 g/mol. The smallest absolute Gasteiger partial charge is 0.304 e. The van der Waals surface area contributed by atoms with Crippen LogP contribution < -0.4 is 5.32 Å². The first kappa shape index (κ1) is 16.9. The van der Waals surface area contributed by atoms with Crippen molar-refractivity contribution in [2.24, 2.45) is 0 Å². The molecule has 7 nitrogen and oxygen atoms in total. The molecule has 0 bridgehead atoms. The molecule has 120 valence electrons. The predicted octanol–water partition coefficient (Wildman–Crippen LogP) is 1.43. The molecule has 0 saturated heterocycles. The zero-order valence-corrected chi connectivity index (χ0v) is 14.2. The van der Waals surface area contributed by atoms with E-state index in [1.807, 2.05) is 0 Å². The number of carboxylic acids is 1. The fourth-order valence-corrected chi connectivity index (χ4v) is 4.36. The van der Waals surface area contributed by atoms with Crippen molar-refractivity contribution in [2.45, 2.75) is 24.2 Å². The molecule has 0 spiro atoms. The Morgan fingerprint density at radius 3 is 2.73 bits per heavy atom. The van der Waals surface area contributed by atoms with Crippen molar-refractivity contribution < 1.29 is 23.1 Å². The van der Waals surface area contributed by atoms with Gasteiger partial charge in [-0.3, -0.25) is 9.59 Å². The van der Waals surface area contributed by atoms with Gasteiger partial charge in [-0.1, -0.05) is 0 Å². The van der Waals surface area contributed by atoms with E-state index in [4.69, 9.17) is 5.11 Å². The van der Waals surface area contributed by atoms with Crippen LogP contribution in [-0.4, -0.2) is 43.3 Å². The van der Waals surface area contributed by atoms with Crippen LogP contribution in [0, 0.1) is 0 Å². The molecule has 2 N–H and O–H groups in total. The fourth-order valence-electron chi connectivity index (χ4n) is 2.12. The molecule has 1 heterocycles. The van der Waals surface area contributed by atoms with Crippen LogP contribution in [0.2, 0.25) is 0 Å². The monoisotopic (exact) mass is 390 g/mol. The van der Waals surface area contributed by atoms with E-state index in [9.17, 15) is 18.0 Å². The first-order valence-electron chi connectivity index (χ1n) is 6.52. The van der Waals surface area contributed by atoms with Crippen LogP contribution in [0.15, 0.2) is 21.5 Å². The molecule has 0 radical (unpaired) electrons. The number of carbonyl (C=O) groups excluding carboxylic acids is 1. The molecule has 0 atom stereocenters. The van der Waals surface area contributed by atoms with Gasteiger partial charge in [-0.15, -0.1) is 0 Å². The number of fused-ring (bicyclic) bond motifs is 1. The Morgan fingerprint density at radius 1 is 1.41 bits per heavy atom. The lowest BCUT2D eigenvalue weighted by Crippen LogP contribution is -2.30. The minimum atomic E-state index is -3.84. The lowest BCUT2D eigenvalue weighted by atomic mass is 10.0. The zero-order valence-electron chi connectivity index (χ0n) is 11.8. The number of hydrogen-bond acceptors (Lipinski definition) is 4. The number of halogens is 1. The third-order valence-electron chi connectivity index (χ3n) is 3.38. The fraction of sp³-hybridized carbons (Fsp3) is 0.385. The molecule has 1 aromatic rings. The maximum Gasteiger partial charge on any atom is 0.304 e. The third-order valence-corrected chi connectivity index (χ3v) is 6.20. The summed E-state index contributed by atoms with van der Waals surface area (Å²) in [5, 5.41) is 11.3. The Kier molecular flexibility index (Phi) is 4.88.